The quantitative estimate of drug-likeness (QED) is 0.513. The number of rotatable bonds is 10. The van der Waals surface area contributed by atoms with E-state index >= 15 is 0 Å². The minimum Gasteiger partial charge on any atom is -0.494 e. The van der Waals surface area contributed by atoms with E-state index in [0.717, 1.165) is 48.4 Å². The van der Waals surface area contributed by atoms with Crippen molar-refractivity contribution in [3.8, 4) is 5.75 Å². The molecule has 0 spiro atoms. The van der Waals surface area contributed by atoms with Gasteiger partial charge in [-0.15, -0.1) is 0 Å². The number of aromatic nitrogens is 2. The lowest BCUT2D eigenvalue weighted by atomic mass is 10.1. The number of carbonyl (C=O) groups is 1. The predicted octanol–water partition coefficient (Wildman–Crippen LogP) is 4.58. The van der Waals surface area contributed by atoms with E-state index in [9.17, 15) is 4.79 Å². The van der Waals surface area contributed by atoms with Gasteiger partial charge in [-0.2, -0.15) is 0 Å². The van der Waals surface area contributed by atoms with Crippen molar-refractivity contribution in [1.29, 1.82) is 0 Å². The van der Waals surface area contributed by atoms with E-state index in [-0.39, 0.29) is 5.91 Å². The van der Waals surface area contributed by atoms with E-state index < -0.39 is 0 Å². The highest BCUT2D eigenvalue weighted by molar-refractivity contribution is 5.76. The highest BCUT2D eigenvalue weighted by Gasteiger charge is 2.10. The molecule has 0 bridgehead atoms. The fraction of sp³-hybridized carbons (Fsp3) is 0.417. The number of imidazole rings is 1. The topological polar surface area (TPSA) is 56.2 Å². The molecule has 5 heteroatoms. The standard InChI is InChI=1S/C24H31N3O2/c1-4-24(28)25-14-13-23-26-21-9-5-6-10-22(21)27(23)15-7-8-16-29-20-12-11-18(2)19(3)17-20/h5-6,9-12,17H,4,7-8,13-16H2,1-3H3,(H,25,28). The minimum absolute atomic E-state index is 0.0798. The zero-order chi connectivity index (χ0) is 20.6. The maximum atomic E-state index is 11.5. The van der Waals surface area contributed by atoms with Gasteiger partial charge in [0.25, 0.3) is 0 Å². The van der Waals surface area contributed by atoms with Crippen molar-refractivity contribution in [2.45, 2.75) is 53.0 Å². The smallest absolute Gasteiger partial charge is 0.219 e. The van der Waals surface area contributed by atoms with Crippen LogP contribution in [0.5, 0.6) is 5.75 Å². The number of carbonyl (C=O) groups excluding carboxylic acids is 1. The van der Waals surface area contributed by atoms with Crippen molar-refractivity contribution in [3.05, 3.63) is 59.4 Å². The van der Waals surface area contributed by atoms with Gasteiger partial charge in [0.2, 0.25) is 5.91 Å². The van der Waals surface area contributed by atoms with Crippen LogP contribution in [0.4, 0.5) is 0 Å². The summed E-state index contributed by atoms with van der Waals surface area (Å²) in [4.78, 5) is 16.3. The fourth-order valence-electron chi connectivity index (χ4n) is 3.37. The van der Waals surface area contributed by atoms with Crippen LogP contribution in [0, 0.1) is 13.8 Å². The van der Waals surface area contributed by atoms with E-state index in [2.05, 4.69) is 41.9 Å². The largest absolute Gasteiger partial charge is 0.494 e. The van der Waals surface area contributed by atoms with Crippen molar-refractivity contribution >= 4 is 16.9 Å². The number of aryl methyl sites for hydroxylation is 3. The molecule has 1 amide bonds. The first-order chi connectivity index (χ1) is 14.1. The van der Waals surface area contributed by atoms with Gasteiger partial charge in [0, 0.05) is 25.9 Å². The van der Waals surface area contributed by atoms with Gasteiger partial charge >= 0.3 is 0 Å². The van der Waals surface area contributed by atoms with Crippen molar-refractivity contribution in [2.24, 2.45) is 0 Å². The van der Waals surface area contributed by atoms with Crippen LogP contribution < -0.4 is 10.1 Å². The Labute approximate surface area is 173 Å². The van der Waals surface area contributed by atoms with Crippen molar-refractivity contribution in [2.75, 3.05) is 13.2 Å². The molecular weight excluding hydrogens is 362 g/mol. The molecule has 2 aromatic carbocycles. The molecule has 1 heterocycles. The normalized spacial score (nSPS) is 11.0. The molecule has 0 aliphatic carbocycles. The van der Waals surface area contributed by atoms with E-state index in [0.29, 0.717) is 19.6 Å². The van der Waals surface area contributed by atoms with Gasteiger partial charge in [0.15, 0.2) is 0 Å². The summed E-state index contributed by atoms with van der Waals surface area (Å²) in [5.41, 5.74) is 4.70. The molecule has 3 aromatic rings. The van der Waals surface area contributed by atoms with Crippen LogP contribution in [0.2, 0.25) is 0 Å². The van der Waals surface area contributed by atoms with Crippen LogP contribution in [0.1, 0.15) is 43.1 Å². The lowest BCUT2D eigenvalue weighted by Crippen LogP contribution is -2.25. The van der Waals surface area contributed by atoms with E-state index in [1.165, 1.54) is 11.1 Å². The molecule has 0 atom stereocenters. The van der Waals surface area contributed by atoms with E-state index in [1.807, 2.05) is 31.2 Å². The lowest BCUT2D eigenvalue weighted by molar-refractivity contribution is -0.120. The number of para-hydroxylation sites is 2. The van der Waals surface area contributed by atoms with Crippen LogP contribution in [-0.4, -0.2) is 28.6 Å². The number of nitrogens with zero attached hydrogens (tertiary/aromatic N) is 2. The van der Waals surface area contributed by atoms with Crippen molar-refractivity contribution < 1.29 is 9.53 Å². The van der Waals surface area contributed by atoms with Gasteiger partial charge in [0.05, 0.1) is 17.6 Å². The van der Waals surface area contributed by atoms with Gasteiger partial charge in [-0.25, -0.2) is 4.98 Å². The Hall–Kier alpha value is -2.82. The summed E-state index contributed by atoms with van der Waals surface area (Å²) in [5, 5.41) is 2.94. The van der Waals surface area contributed by atoms with E-state index in [4.69, 9.17) is 9.72 Å². The zero-order valence-electron chi connectivity index (χ0n) is 17.7. The van der Waals surface area contributed by atoms with E-state index in [1.54, 1.807) is 0 Å². The maximum Gasteiger partial charge on any atom is 0.219 e. The molecule has 3 rings (SSSR count). The number of ether oxygens (including phenoxy) is 1. The van der Waals surface area contributed by atoms with Gasteiger partial charge < -0.3 is 14.6 Å². The number of hydrogen-bond donors (Lipinski definition) is 1. The second-order valence-corrected chi connectivity index (χ2v) is 7.42. The molecule has 5 nitrogen and oxygen atoms in total. The van der Waals surface area contributed by atoms with Gasteiger partial charge in [-0.05, 0) is 62.1 Å². The third-order valence-electron chi connectivity index (χ3n) is 5.25. The van der Waals surface area contributed by atoms with Crippen molar-refractivity contribution in [1.82, 2.24) is 14.9 Å². The van der Waals surface area contributed by atoms with Crippen LogP contribution in [-0.2, 0) is 17.8 Å². The van der Waals surface area contributed by atoms with Gasteiger partial charge in [0.1, 0.15) is 11.6 Å². The van der Waals surface area contributed by atoms with Gasteiger partial charge in [-0.1, -0.05) is 25.1 Å². The number of fused-ring (bicyclic) bond motifs is 1. The second kappa shape index (κ2) is 10.1. The number of amides is 1. The molecule has 0 aliphatic rings. The second-order valence-electron chi connectivity index (χ2n) is 7.42. The molecule has 154 valence electrons. The first-order valence-corrected chi connectivity index (χ1v) is 10.5. The SMILES string of the molecule is CCC(=O)NCCc1nc2ccccc2n1CCCCOc1ccc(C)c(C)c1. The number of unbranched alkanes of at least 4 members (excludes halogenated alkanes) is 1. The summed E-state index contributed by atoms with van der Waals surface area (Å²) < 4.78 is 8.19. The highest BCUT2D eigenvalue weighted by Crippen LogP contribution is 2.19. The predicted molar refractivity (Wildman–Crippen MR) is 117 cm³/mol. The summed E-state index contributed by atoms with van der Waals surface area (Å²) in [5.74, 6) is 2.04. The average Bonchev–Trinajstić information content (AvgIpc) is 3.07. The molecule has 0 fully saturated rings. The molecule has 29 heavy (non-hydrogen) atoms. The summed E-state index contributed by atoms with van der Waals surface area (Å²) in [6, 6.07) is 14.5. The Morgan fingerprint density at radius 1 is 1.10 bits per heavy atom. The molecule has 0 unspecified atom stereocenters. The lowest BCUT2D eigenvalue weighted by Gasteiger charge is -2.11. The Morgan fingerprint density at radius 2 is 1.93 bits per heavy atom. The summed E-state index contributed by atoms with van der Waals surface area (Å²) in [6.07, 6.45) is 3.24. The number of hydrogen-bond acceptors (Lipinski definition) is 3. The minimum atomic E-state index is 0.0798. The van der Waals surface area contributed by atoms with Crippen LogP contribution in [0.25, 0.3) is 11.0 Å². The number of nitrogens with one attached hydrogen (secondary N) is 1. The zero-order valence-corrected chi connectivity index (χ0v) is 17.7. The Balaban J connectivity index is 1.56. The number of benzene rings is 2. The summed E-state index contributed by atoms with van der Waals surface area (Å²) in [7, 11) is 0. The Kier molecular flexibility index (Phi) is 7.28. The molecular formula is C24H31N3O2. The van der Waals surface area contributed by atoms with Crippen LogP contribution in [0.3, 0.4) is 0 Å². The first-order valence-electron chi connectivity index (χ1n) is 10.5. The third kappa shape index (κ3) is 5.59. The molecule has 1 aromatic heterocycles. The monoisotopic (exact) mass is 393 g/mol. The van der Waals surface area contributed by atoms with Crippen molar-refractivity contribution in [3.63, 3.8) is 0 Å². The average molecular weight is 394 g/mol. The molecule has 0 saturated heterocycles. The molecule has 0 aliphatic heterocycles. The summed E-state index contributed by atoms with van der Waals surface area (Å²) in [6.45, 7) is 8.30. The first kappa shape index (κ1) is 20.9. The Morgan fingerprint density at radius 3 is 2.72 bits per heavy atom. The molecule has 0 radical (unpaired) electrons. The van der Waals surface area contributed by atoms with Crippen LogP contribution >= 0.6 is 0 Å². The van der Waals surface area contributed by atoms with Crippen LogP contribution in [0.15, 0.2) is 42.5 Å². The summed E-state index contributed by atoms with van der Waals surface area (Å²) >= 11 is 0. The van der Waals surface area contributed by atoms with Gasteiger partial charge in [-0.3, -0.25) is 4.79 Å². The Bertz CT molecular complexity index is 962. The molecule has 0 saturated carbocycles. The molecule has 1 N–H and O–H groups in total. The highest BCUT2D eigenvalue weighted by atomic mass is 16.5. The maximum absolute atomic E-state index is 11.5. The third-order valence-corrected chi connectivity index (χ3v) is 5.25. The fourth-order valence-corrected chi connectivity index (χ4v) is 3.37.